The molecule has 0 saturated carbocycles. The number of carbonyl (C=O) groups excluding carboxylic acids is 1. The number of carbonyl (C=O) groups is 1. The van der Waals surface area contributed by atoms with Crippen LogP contribution >= 0.6 is 0 Å². The van der Waals surface area contributed by atoms with E-state index >= 15 is 0 Å². The van der Waals surface area contributed by atoms with Crippen LogP contribution < -0.4 is 5.32 Å². The Bertz CT molecular complexity index is 441. The maximum atomic E-state index is 12.2. The molecule has 0 saturated heterocycles. The number of amides is 1. The zero-order chi connectivity index (χ0) is 15.2. The highest BCUT2D eigenvalue weighted by Crippen LogP contribution is 2.21. The first-order chi connectivity index (χ1) is 9.35. The summed E-state index contributed by atoms with van der Waals surface area (Å²) in [4.78, 5) is 12.2. The van der Waals surface area contributed by atoms with Crippen molar-refractivity contribution >= 4 is 5.91 Å². The van der Waals surface area contributed by atoms with Crippen LogP contribution in [0.3, 0.4) is 0 Å². The Morgan fingerprint density at radius 2 is 2.05 bits per heavy atom. The van der Waals surface area contributed by atoms with Gasteiger partial charge in [0, 0.05) is 19.2 Å². The van der Waals surface area contributed by atoms with Crippen LogP contribution in [0.4, 0.5) is 0 Å². The largest absolute Gasteiger partial charge is 0.393 e. The summed E-state index contributed by atoms with van der Waals surface area (Å²) >= 11 is 0. The van der Waals surface area contributed by atoms with Gasteiger partial charge >= 0.3 is 0 Å². The van der Waals surface area contributed by atoms with Crippen LogP contribution in [0, 0.1) is 5.41 Å². The third-order valence-corrected chi connectivity index (χ3v) is 3.14. The van der Waals surface area contributed by atoms with Crippen LogP contribution in [-0.4, -0.2) is 30.8 Å². The first-order valence-electron chi connectivity index (χ1n) is 6.89. The molecule has 4 heteroatoms. The molecule has 0 fully saturated rings. The molecule has 1 rings (SSSR count). The smallest absolute Gasteiger partial charge is 0.251 e. The van der Waals surface area contributed by atoms with Crippen molar-refractivity contribution in [1.82, 2.24) is 5.32 Å². The van der Waals surface area contributed by atoms with E-state index in [4.69, 9.17) is 4.74 Å². The fraction of sp³-hybridized carbons (Fsp3) is 0.562. The monoisotopic (exact) mass is 279 g/mol. The van der Waals surface area contributed by atoms with Crippen molar-refractivity contribution in [2.45, 2.75) is 39.9 Å². The molecule has 1 aromatic rings. The molecule has 1 unspecified atom stereocenters. The number of aliphatic hydroxyl groups excluding tert-OH is 1. The van der Waals surface area contributed by atoms with E-state index < -0.39 is 0 Å². The lowest BCUT2D eigenvalue weighted by Gasteiger charge is -2.26. The molecule has 0 aliphatic rings. The summed E-state index contributed by atoms with van der Waals surface area (Å²) in [6, 6.07) is 7.42. The second kappa shape index (κ2) is 7.41. The molecule has 0 radical (unpaired) electrons. The number of rotatable bonds is 7. The minimum Gasteiger partial charge on any atom is -0.393 e. The van der Waals surface area contributed by atoms with E-state index in [9.17, 15) is 9.90 Å². The van der Waals surface area contributed by atoms with Gasteiger partial charge < -0.3 is 15.2 Å². The summed E-state index contributed by atoms with van der Waals surface area (Å²) < 4.78 is 5.10. The highest BCUT2D eigenvalue weighted by atomic mass is 16.5. The zero-order valence-electron chi connectivity index (χ0n) is 12.8. The van der Waals surface area contributed by atoms with Crippen molar-refractivity contribution in [1.29, 1.82) is 0 Å². The van der Waals surface area contributed by atoms with Gasteiger partial charge in [-0.3, -0.25) is 4.79 Å². The molecule has 4 nitrogen and oxygen atoms in total. The van der Waals surface area contributed by atoms with Crippen molar-refractivity contribution in [2.75, 3.05) is 13.7 Å². The van der Waals surface area contributed by atoms with Gasteiger partial charge in [-0.15, -0.1) is 0 Å². The molecule has 0 aliphatic heterocycles. The van der Waals surface area contributed by atoms with Crippen LogP contribution in [0.15, 0.2) is 24.3 Å². The summed E-state index contributed by atoms with van der Waals surface area (Å²) in [6.07, 6.45) is 0.273. The molecule has 0 bridgehead atoms. The number of benzene rings is 1. The van der Waals surface area contributed by atoms with Gasteiger partial charge in [0.15, 0.2) is 0 Å². The Labute approximate surface area is 121 Å². The van der Waals surface area contributed by atoms with E-state index in [2.05, 4.69) is 5.32 Å². The maximum Gasteiger partial charge on any atom is 0.251 e. The zero-order valence-corrected chi connectivity index (χ0v) is 12.8. The summed E-state index contributed by atoms with van der Waals surface area (Å²) in [7, 11) is 1.61. The molecule has 0 aliphatic carbocycles. The molecular weight excluding hydrogens is 254 g/mol. The van der Waals surface area contributed by atoms with Crippen LogP contribution in [0.25, 0.3) is 0 Å². The molecule has 1 amide bonds. The van der Waals surface area contributed by atoms with E-state index in [0.29, 0.717) is 25.1 Å². The normalized spacial score (nSPS) is 13.1. The highest BCUT2D eigenvalue weighted by molar-refractivity contribution is 5.95. The second-order valence-corrected chi connectivity index (χ2v) is 5.99. The van der Waals surface area contributed by atoms with Crippen LogP contribution in [0.2, 0.25) is 0 Å². The average Bonchev–Trinajstić information content (AvgIpc) is 2.36. The lowest BCUT2D eigenvalue weighted by molar-refractivity contribution is 0.0897. The Balaban J connectivity index is 2.68. The van der Waals surface area contributed by atoms with E-state index in [1.165, 1.54) is 0 Å². The van der Waals surface area contributed by atoms with E-state index in [-0.39, 0.29) is 17.4 Å². The van der Waals surface area contributed by atoms with Crippen LogP contribution in [0.1, 0.15) is 43.1 Å². The van der Waals surface area contributed by atoms with Crippen molar-refractivity contribution < 1.29 is 14.6 Å². The summed E-state index contributed by atoms with van der Waals surface area (Å²) in [5.41, 5.74) is 1.38. The Hall–Kier alpha value is -1.39. The third-order valence-electron chi connectivity index (χ3n) is 3.14. The summed E-state index contributed by atoms with van der Waals surface area (Å²) in [5, 5.41) is 12.4. The maximum absolute atomic E-state index is 12.2. The van der Waals surface area contributed by atoms with Crippen molar-refractivity contribution in [2.24, 2.45) is 5.41 Å². The molecule has 1 aromatic carbocycles. The Morgan fingerprint density at radius 3 is 2.65 bits per heavy atom. The summed E-state index contributed by atoms with van der Waals surface area (Å²) in [5.74, 6) is -0.101. The minimum atomic E-state index is -0.373. The molecule has 1 atom stereocenters. The van der Waals surface area contributed by atoms with Crippen molar-refractivity contribution in [3.8, 4) is 0 Å². The van der Waals surface area contributed by atoms with E-state index in [1.54, 1.807) is 20.1 Å². The van der Waals surface area contributed by atoms with Gasteiger partial charge in [0.05, 0.1) is 12.7 Å². The van der Waals surface area contributed by atoms with Crippen LogP contribution in [-0.2, 0) is 11.3 Å². The average molecular weight is 279 g/mol. The first-order valence-corrected chi connectivity index (χ1v) is 6.89. The predicted molar refractivity (Wildman–Crippen MR) is 79.6 cm³/mol. The SMILES string of the molecule is COCc1ccccc1C(=O)NCC(C)(C)CC(C)O. The molecule has 0 spiro atoms. The third kappa shape index (κ3) is 5.31. The van der Waals surface area contributed by atoms with Gasteiger partial charge in [-0.1, -0.05) is 32.0 Å². The minimum absolute atomic E-state index is 0.101. The number of hydrogen-bond acceptors (Lipinski definition) is 3. The van der Waals surface area contributed by atoms with Crippen molar-refractivity contribution in [3.05, 3.63) is 35.4 Å². The van der Waals surface area contributed by atoms with E-state index in [0.717, 1.165) is 5.56 Å². The number of methoxy groups -OCH3 is 1. The van der Waals surface area contributed by atoms with Gasteiger partial charge in [-0.05, 0) is 30.4 Å². The lowest BCUT2D eigenvalue weighted by Crippen LogP contribution is -2.36. The number of hydrogen-bond donors (Lipinski definition) is 2. The highest BCUT2D eigenvalue weighted by Gasteiger charge is 2.22. The molecular formula is C16H25NO3. The van der Waals surface area contributed by atoms with Gasteiger partial charge in [-0.2, -0.15) is 0 Å². The molecule has 0 heterocycles. The fourth-order valence-electron chi connectivity index (χ4n) is 2.31. The quantitative estimate of drug-likeness (QED) is 0.805. The number of aliphatic hydroxyl groups is 1. The molecule has 20 heavy (non-hydrogen) atoms. The van der Waals surface area contributed by atoms with Gasteiger partial charge in [0.1, 0.15) is 0 Å². The summed E-state index contributed by atoms with van der Waals surface area (Å²) in [6.45, 7) is 6.76. The Kier molecular flexibility index (Phi) is 6.17. The molecule has 112 valence electrons. The number of nitrogens with one attached hydrogen (secondary N) is 1. The molecule has 2 N–H and O–H groups in total. The van der Waals surface area contributed by atoms with Crippen molar-refractivity contribution in [3.63, 3.8) is 0 Å². The predicted octanol–water partition coefficient (Wildman–Crippen LogP) is 2.36. The topological polar surface area (TPSA) is 58.6 Å². The Morgan fingerprint density at radius 1 is 1.40 bits per heavy atom. The number of ether oxygens (including phenoxy) is 1. The van der Waals surface area contributed by atoms with Crippen LogP contribution in [0.5, 0.6) is 0 Å². The lowest BCUT2D eigenvalue weighted by atomic mass is 9.87. The van der Waals surface area contributed by atoms with E-state index in [1.807, 2.05) is 32.0 Å². The standard InChI is InChI=1S/C16H25NO3/c1-12(18)9-16(2,3)11-17-15(19)14-8-6-5-7-13(14)10-20-4/h5-8,12,18H,9-11H2,1-4H3,(H,17,19). The van der Waals surface area contributed by atoms with Gasteiger partial charge in [0.25, 0.3) is 5.91 Å². The van der Waals surface area contributed by atoms with Gasteiger partial charge in [0.2, 0.25) is 0 Å². The van der Waals surface area contributed by atoms with Gasteiger partial charge in [-0.25, -0.2) is 0 Å². The fourth-order valence-corrected chi connectivity index (χ4v) is 2.31. The first kappa shape index (κ1) is 16.7. The second-order valence-electron chi connectivity index (χ2n) is 5.99. The molecule has 0 aromatic heterocycles.